The zero-order valence-corrected chi connectivity index (χ0v) is 13.5. The van der Waals surface area contributed by atoms with Gasteiger partial charge in [-0.1, -0.05) is 32.6 Å². The van der Waals surface area contributed by atoms with Crippen LogP contribution in [0.3, 0.4) is 0 Å². The molecule has 0 aromatic rings. The van der Waals surface area contributed by atoms with Gasteiger partial charge in [0, 0.05) is 25.7 Å². The van der Waals surface area contributed by atoms with Crippen LogP contribution in [0.15, 0.2) is 4.99 Å². The van der Waals surface area contributed by atoms with Crippen molar-refractivity contribution >= 4 is 5.96 Å². The molecule has 0 aromatic heterocycles. The van der Waals surface area contributed by atoms with E-state index < -0.39 is 0 Å². The van der Waals surface area contributed by atoms with Gasteiger partial charge in [-0.25, -0.2) is 0 Å². The summed E-state index contributed by atoms with van der Waals surface area (Å²) in [6, 6.07) is 0.752. The van der Waals surface area contributed by atoms with Crippen molar-refractivity contribution in [2.24, 2.45) is 10.7 Å². The lowest BCUT2D eigenvalue weighted by Crippen LogP contribution is -2.38. The van der Waals surface area contributed by atoms with E-state index in [0.29, 0.717) is 5.96 Å². The molecule has 4 nitrogen and oxygen atoms in total. The maximum absolute atomic E-state index is 5.86. The minimum Gasteiger partial charge on any atom is -0.370 e. The third-order valence-electron chi connectivity index (χ3n) is 4.16. The SMILES string of the molecule is CCCCCCNC(N)=NCCCN1CCCCC1C. The predicted molar refractivity (Wildman–Crippen MR) is 88.1 cm³/mol. The maximum atomic E-state index is 5.86. The molecule has 118 valence electrons. The first-order chi connectivity index (χ1) is 9.74. The second kappa shape index (κ2) is 11.0. The fourth-order valence-corrected chi connectivity index (χ4v) is 2.79. The van der Waals surface area contributed by atoms with E-state index in [-0.39, 0.29) is 0 Å². The molecule has 0 bridgehead atoms. The van der Waals surface area contributed by atoms with E-state index in [9.17, 15) is 0 Å². The standard InChI is InChI=1S/C16H34N4/c1-3-4-5-7-11-18-16(17)19-12-9-14-20-13-8-6-10-15(20)2/h15H,3-14H2,1-2H3,(H3,17,18,19). The van der Waals surface area contributed by atoms with Crippen LogP contribution in [0.5, 0.6) is 0 Å². The highest BCUT2D eigenvalue weighted by atomic mass is 15.2. The second-order valence-corrected chi connectivity index (χ2v) is 5.99. The molecule has 1 fully saturated rings. The van der Waals surface area contributed by atoms with Crippen molar-refractivity contribution in [3.8, 4) is 0 Å². The Hall–Kier alpha value is -0.770. The number of nitrogens with one attached hydrogen (secondary N) is 1. The van der Waals surface area contributed by atoms with Crippen molar-refractivity contribution in [2.45, 2.75) is 71.3 Å². The molecule has 4 heteroatoms. The number of hydrogen-bond acceptors (Lipinski definition) is 2. The van der Waals surface area contributed by atoms with E-state index in [1.165, 1.54) is 51.5 Å². The Morgan fingerprint density at radius 1 is 1.25 bits per heavy atom. The number of unbranched alkanes of at least 4 members (excludes halogenated alkanes) is 3. The second-order valence-electron chi connectivity index (χ2n) is 5.99. The van der Waals surface area contributed by atoms with Crippen LogP contribution in [0.25, 0.3) is 0 Å². The molecule has 1 rings (SSSR count). The quantitative estimate of drug-likeness (QED) is 0.388. The molecule has 0 radical (unpaired) electrons. The number of nitrogens with zero attached hydrogens (tertiary/aromatic N) is 2. The lowest BCUT2D eigenvalue weighted by atomic mass is 10.0. The number of rotatable bonds is 9. The summed E-state index contributed by atoms with van der Waals surface area (Å²) < 4.78 is 0. The molecule has 1 atom stereocenters. The number of aliphatic imine (C=N–C) groups is 1. The van der Waals surface area contributed by atoms with E-state index in [0.717, 1.165) is 32.1 Å². The topological polar surface area (TPSA) is 53.6 Å². The molecule has 3 N–H and O–H groups in total. The average Bonchev–Trinajstić information content (AvgIpc) is 2.45. The van der Waals surface area contributed by atoms with Gasteiger partial charge >= 0.3 is 0 Å². The number of guanidine groups is 1. The van der Waals surface area contributed by atoms with E-state index in [1.807, 2.05) is 0 Å². The van der Waals surface area contributed by atoms with Crippen molar-refractivity contribution in [2.75, 3.05) is 26.2 Å². The van der Waals surface area contributed by atoms with Gasteiger partial charge in [0.25, 0.3) is 0 Å². The fraction of sp³-hybridized carbons (Fsp3) is 0.938. The van der Waals surface area contributed by atoms with Crippen LogP contribution < -0.4 is 11.1 Å². The molecule has 0 amide bonds. The molecule has 0 aliphatic carbocycles. The summed E-state index contributed by atoms with van der Waals surface area (Å²) in [5.74, 6) is 0.619. The minimum atomic E-state index is 0.619. The Morgan fingerprint density at radius 2 is 2.10 bits per heavy atom. The largest absolute Gasteiger partial charge is 0.370 e. The molecule has 0 spiro atoms. The Balaban J connectivity index is 2.01. The molecule has 1 heterocycles. The zero-order valence-electron chi connectivity index (χ0n) is 13.5. The minimum absolute atomic E-state index is 0.619. The molecule has 1 saturated heterocycles. The molecule has 1 aliphatic rings. The Labute approximate surface area is 125 Å². The summed E-state index contributed by atoms with van der Waals surface area (Å²) in [5, 5.41) is 3.20. The highest BCUT2D eigenvalue weighted by Gasteiger charge is 2.16. The molecular formula is C16H34N4. The van der Waals surface area contributed by atoms with Crippen LogP contribution in [-0.4, -0.2) is 43.1 Å². The summed E-state index contributed by atoms with van der Waals surface area (Å²) in [4.78, 5) is 7.00. The van der Waals surface area contributed by atoms with Gasteiger partial charge in [0.1, 0.15) is 0 Å². The van der Waals surface area contributed by atoms with E-state index in [2.05, 4.69) is 29.1 Å². The van der Waals surface area contributed by atoms with Gasteiger partial charge in [0.15, 0.2) is 5.96 Å². The lowest BCUT2D eigenvalue weighted by molar-refractivity contribution is 0.160. The smallest absolute Gasteiger partial charge is 0.188 e. The van der Waals surface area contributed by atoms with Gasteiger partial charge in [-0.3, -0.25) is 4.99 Å². The first-order valence-electron chi connectivity index (χ1n) is 8.52. The maximum Gasteiger partial charge on any atom is 0.188 e. The Bertz CT molecular complexity index is 265. The number of likely N-dealkylation sites (tertiary alicyclic amines) is 1. The molecule has 20 heavy (non-hydrogen) atoms. The predicted octanol–water partition coefficient (Wildman–Crippen LogP) is 2.74. The van der Waals surface area contributed by atoms with Crippen LogP contribution in [0.2, 0.25) is 0 Å². The summed E-state index contributed by atoms with van der Waals surface area (Å²) >= 11 is 0. The van der Waals surface area contributed by atoms with Gasteiger partial charge in [0.2, 0.25) is 0 Å². The van der Waals surface area contributed by atoms with E-state index in [4.69, 9.17) is 5.73 Å². The zero-order chi connectivity index (χ0) is 14.6. The normalized spacial score (nSPS) is 21.1. The number of hydrogen-bond donors (Lipinski definition) is 2. The summed E-state index contributed by atoms with van der Waals surface area (Å²) in [6.45, 7) is 8.79. The van der Waals surface area contributed by atoms with Crippen molar-refractivity contribution in [1.82, 2.24) is 10.2 Å². The van der Waals surface area contributed by atoms with Crippen molar-refractivity contribution in [1.29, 1.82) is 0 Å². The molecular weight excluding hydrogens is 248 g/mol. The van der Waals surface area contributed by atoms with Crippen molar-refractivity contribution in [3.05, 3.63) is 0 Å². The fourth-order valence-electron chi connectivity index (χ4n) is 2.79. The highest BCUT2D eigenvalue weighted by molar-refractivity contribution is 5.77. The van der Waals surface area contributed by atoms with Crippen LogP contribution in [0.4, 0.5) is 0 Å². The third-order valence-corrected chi connectivity index (χ3v) is 4.16. The van der Waals surface area contributed by atoms with Crippen LogP contribution in [0.1, 0.15) is 65.2 Å². The van der Waals surface area contributed by atoms with Gasteiger partial charge in [0.05, 0.1) is 0 Å². The molecule has 0 saturated carbocycles. The molecule has 0 aromatic carbocycles. The first kappa shape index (κ1) is 17.3. The van der Waals surface area contributed by atoms with Crippen molar-refractivity contribution < 1.29 is 0 Å². The monoisotopic (exact) mass is 282 g/mol. The van der Waals surface area contributed by atoms with E-state index in [1.54, 1.807) is 0 Å². The number of nitrogens with two attached hydrogens (primary N) is 1. The average molecular weight is 282 g/mol. The van der Waals surface area contributed by atoms with Gasteiger partial charge in [-0.15, -0.1) is 0 Å². The third kappa shape index (κ3) is 7.73. The van der Waals surface area contributed by atoms with Crippen LogP contribution >= 0.6 is 0 Å². The van der Waals surface area contributed by atoms with Gasteiger partial charge in [-0.05, 0) is 39.2 Å². The summed E-state index contributed by atoms with van der Waals surface area (Å²) in [5.41, 5.74) is 5.86. The first-order valence-corrected chi connectivity index (χ1v) is 8.52. The number of piperidine rings is 1. The highest BCUT2D eigenvalue weighted by Crippen LogP contribution is 2.16. The van der Waals surface area contributed by atoms with E-state index >= 15 is 0 Å². The van der Waals surface area contributed by atoms with Gasteiger partial charge in [-0.2, -0.15) is 0 Å². The molecule has 1 aliphatic heterocycles. The lowest BCUT2D eigenvalue weighted by Gasteiger charge is -2.33. The van der Waals surface area contributed by atoms with Crippen LogP contribution in [-0.2, 0) is 0 Å². The van der Waals surface area contributed by atoms with Crippen LogP contribution in [0, 0.1) is 0 Å². The summed E-state index contributed by atoms with van der Waals surface area (Å²) in [7, 11) is 0. The Morgan fingerprint density at radius 3 is 2.85 bits per heavy atom. The Kier molecular flexibility index (Phi) is 9.46. The van der Waals surface area contributed by atoms with Crippen molar-refractivity contribution in [3.63, 3.8) is 0 Å². The summed E-state index contributed by atoms with van der Waals surface area (Å²) in [6.07, 6.45) is 10.3. The molecule has 1 unspecified atom stereocenters. The van der Waals surface area contributed by atoms with Gasteiger partial charge < -0.3 is 16.0 Å².